The lowest BCUT2D eigenvalue weighted by molar-refractivity contribution is 0.424. The summed E-state index contributed by atoms with van der Waals surface area (Å²) in [6.07, 6.45) is 1.08. The number of hydrogen-bond donors (Lipinski definition) is 3. The van der Waals surface area contributed by atoms with Crippen molar-refractivity contribution in [3.05, 3.63) is 17.3 Å². The van der Waals surface area contributed by atoms with Crippen LogP contribution in [-0.2, 0) is 0 Å². The number of hydrogen-bond acceptors (Lipinski definition) is 4. The first-order valence-corrected chi connectivity index (χ1v) is 3.19. The van der Waals surface area contributed by atoms with E-state index >= 15 is 0 Å². The first-order chi connectivity index (χ1) is 5.11. The van der Waals surface area contributed by atoms with Gasteiger partial charge < -0.3 is 15.2 Å². The minimum absolute atomic E-state index is 0.0278. The fourth-order valence-corrected chi connectivity index (χ4v) is 0.887. The van der Waals surface area contributed by atoms with Crippen LogP contribution in [0.4, 0.5) is 0 Å². The monoisotopic (exact) mass is 173 g/mol. The maximum atomic E-state index is 8.81. The van der Waals surface area contributed by atoms with Gasteiger partial charge in [0.25, 0.3) is 0 Å². The first-order valence-electron chi connectivity index (χ1n) is 2.82. The summed E-state index contributed by atoms with van der Waals surface area (Å²) in [4.78, 5) is 3.50. The van der Waals surface area contributed by atoms with E-state index in [-0.39, 0.29) is 16.4 Å². The van der Waals surface area contributed by atoms with Gasteiger partial charge in [0.1, 0.15) is 5.75 Å². The van der Waals surface area contributed by atoms with Crippen LogP contribution in [-0.4, -0.2) is 27.3 Å². The van der Waals surface area contributed by atoms with Crippen LogP contribution in [0, 0.1) is 0 Å². The minimum atomic E-state index is -1.71. The van der Waals surface area contributed by atoms with Gasteiger partial charge in [0.2, 0.25) is 0 Å². The maximum Gasteiger partial charge on any atom is 0.509 e. The summed E-state index contributed by atoms with van der Waals surface area (Å²) in [6.45, 7) is 0. The van der Waals surface area contributed by atoms with Crippen molar-refractivity contribution in [3.8, 4) is 5.75 Å². The molecule has 11 heavy (non-hydrogen) atoms. The fourth-order valence-electron chi connectivity index (χ4n) is 0.628. The lowest BCUT2D eigenvalue weighted by atomic mass is 9.86. The summed E-state index contributed by atoms with van der Waals surface area (Å²) in [5.41, 5.74) is -0.0653. The topological polar surface area (TPSA) is 73.6 Å². The van der Waals surface area contributed by atoms with E-state index in [0.717, 1.165) is 6.20 Å². The number of aromatic nitrogens is 1. The normalized spacial score (nSPS) is 9.73. The summed E-state index contributed by atoms with van der Waals surface area (Å²) >= 11 is 5.48. The minimum Gasteiger partial charge on any atom is -0.506 e. The molecule has 0 radical (unpaired) electrons. The van der Waals surface area contributed by atoms with Gasteiger partial charge >= 0.3 is 7.12 Å². The summed E-state index contributed by atoms with van der Waals surface area (Å²) < 4.78 is 0. The standard InChI is InChI=1S/C5H5BClNO3/c7-4-1-3(9)2-8-5(4)6(10)11/h1-2,9-11H. The highest BCUT2D eigenvalue weighted by Crippen LogP contribution is 2.11. The molecule has 0 aliphatic carbocycles. The van der Waals surface area contributed by atoms with E-state index in [0.29, 0.717) is 0 Å². The number of rotatable bonds is 1. The van der Waals surface area contributed by atoms with Crippen molar-refractivity contribution in [2.45, 2.75) is 0 Å². The number of halogens is 1. The van der Waals surface area contributed by atoms with Crippen molar-refractivity contribution in [2.75, 3.05) is 0 Å². The lowest BCUT2D eigenvalue weighted by Gasteiger charge is -2.00. The van der Waals surface area contributed by atoms with E-state index in [1.165, 1.54) is 6.07 Å². The van der Waals surface area contributed by atoms with Crippen molar-refractivity contribution in [1.29, 1.82) is 0 Å². The van der Waals surface area contributed by atoms with Crippen LogP contribution in [0.3, 0.4) is 0 Å². The van der Waals surface area contributed by atoms with E-state index in [1.807, 2.05) is 0 Å². The van der Waals surface area contributed by atoms with Gasteiger partial charge in [0, 0.05) is 6.07 Å². The summed E-state index contributed by atoms with van der Waals surface area (Å²) in [6, 6.07) is 1.18. The second-order valence-electron chi connectivity index (χ2n) is 1.93. The van der Waals surface area contributed by atoms with Gasteiger partial charge in [-0.25, -0.2) is 0 Å². The molecular weight excluding hydrogens is 168 g/mol. The summed E-state index contributed by atoms with van der Waals surface area (Å²) in [5, 5.41) is 26.1. The predicted molar refractivity (Wildman–Crippen MR) is 40.7 cm³/mol. The molecular formula is C5H5BClNO3. The van der Waals surface area contributed by atoms with Crippen LogP contribution in [0.25, 0.3) is 0 Å². The highest BCUT2D eigenvalue weighted by atomic mass is 35.5. The molecule has 0 saturated heterocycles. The summed E-state index contributed by atoms with van der Waals surface area (Å²) in [5.74, 6) is -0.112. The molecule has 58 valence electrons. The molecule has 1 aromatic heterocycles. The number of aromatic hydroxyl groups is 1. The third-order valence-corrected chi connectivity index (χ3v) is 1.40. The Labute approximate surface area is 68.2 Å². The molecule has 4 nitrogen and oxygen atoms in total. The van der Waals surface area contributed by atoms with Gasteiger partial charge in [-0.3, -0.25) is 4.98 Å². The quantitative estimate of drug-likeness (QED) is 0.482. The van der Waals surface area contributed by atoms with Crippen LogP contribution < -0.4 is 5.59 Å². The Bertz CT molecular complexity index is 268. The van der Waals surface area contributed by atoms with Crippen molar-refractivity contribution in [2.24, 2.45) is 0 Å². The molecule has 1 rings (SSSR count). The van der Waals surface area contributed by atoms with Gasteiger partial charge in [-0.1, -0.05) is 11.6 Å². The first kappa shape index (κ1) is 8.32. The lowest BCUT2D eigenvalue weighted by Crippen LogP contribution is -2.33. The smallest absolute Gasteiger partial charge is 0.506 e. The third-order valence-electron chi connectivity index (χ3n) is 1.10. The average molecular weight is 173 g/mol. The van der Waals surface area contributed by atoms with Crippen molar-refractivity contribution in [1.82, 2.24) is 4.98 Å². The zero-order valence-corrected chi connectivity index (χ0v) is 6.15. The highest BCUT2D eigenvalue weighted by Gasteiger charge is 2.16. The van der Waals surface area contributed by atoms with Crippen LogP contribution in [0.1, 0.15) is 0 Å². The fraction of sp³-hybridized carbons (Fsp3) is 0. The van der Waals surface area contributed by atoms with E-state index in [2.05, 4.69) is 4.98 Å². The highest BCUT2D eigenvalue weighted by molar-refractivity contribution is 6.61. The van der Waals surface area contributed by atoms with E-state index in [4.69, 9.17) is 26.8 Å². The van der Waals surface area contributed by atoms with E-state index in [1.54, 1.807) is 0 Å². The molecule has 3 N–H and O–H groups in total. The molecule has 1 heterocycles. The molecule has 0 aliphatic heterocycles. The largest absolute Gasteiger partial charge is 0.509 e. The van der Waals surface area contributed by atoms with Crippen molar-refractivity contribution in [3.63, 3.8) is 0 Å². The van der Waals surface area contributed by atoms with Crippen LogP contribution in [0.5, 0.6) is 5.75 Å². The number of nitrogens with zero attached hydrogens (tertiary/aromatic N) is 1. The molecule has 0 aliphatic rings. The zero-order valence-electron chi connectivity index (χ0n) is 5.40. The molecule has 0 amide bonds. The summed E-state index contributed by atoms with van der Waals surface area (Å²) in [7, 11) is -1.71. The Morgan fingerprint density at radius 2 is 2.09 bits per heavy atom. The zero-order chi connectivity index (χ0) is 8.43. The van der Waals surface area contributed by atoms with Crippen LogP contribution in [0.15, 0.2) is 12.3 Å². The molecule has 1 aromatic rings. The molecule has 0 spiro atoms. The molecule has 0 atom stereocenters. The van der Waals surface area contributed by atoms with Gasteiger partial charge in [0.15, 0.2) is 0 Å². The van der Waals surface area contributed by atoms with Gasteiger partial charge in [-0.2, -0.15) is 0 Å². The Morgan fingerprint density at radius 1 is 1.45 bits per heavy atom. The molecule has 0 unspecified atom stereocenters. The molecule has 0 bridgehead atoms. The SMILES string of the molecule is OB(O)c1ncc(O)cc1Cl. The van der Waals surface area contributed by atoms with E-state index in [9.17, 15) is 0 Å². The second kappa shape index (κ2) is 3.08. The van der Waals surface area contributed by atoms with Crippen molar-refractivity contribution >= 4 is 24.3 Å². The van der Waals surface area contributed by atoms with Gasteiger partial charge in [-0.15, -0.1) is 0 Å². The Kier molecular flexibility index (Phi) is 2.33. The van der Waals surface area contributed by atoms with Crippen molar-refractivity contribution < 1.29 is 15.2 Å². The predicted octanol–water partition coefficient (Wildman–Crippen LogP) is -0.880. The third kappa shape index (κ3) is 1.83. The molecule has 0 fully saturated rings. The van der Waals surface area contributed by atoms with Gasteiger partial charge in [0.05, 0.1) is 16.8 Å². The Hall–Kier alpha value is -0.775. The van der Waals surface area contributed by atoms with Crippen LogP contribution >= 0.6 is 11.6 Å². The Balaban J connectivity index is 3.09. The molecule has 0 saturated carbocycles. The Morgan fingerprint density at radius 3 is 2.55 bits per heavy atom. The molecule has 6 heteroatoms. The maximum absolute atomic E-state index is 8.81. The average Bonchev–Trinajstić information content (AvgIpc) is 1.85. The van der Waals surface area contributed by atoms with E-state index < -0.39 is 7.12 Å². The molecule has 0 aromatic carbocycles. The van der Waals surface area contributed by atoms with Gasteiger partial charge in [-0.05, 0) is 0 Å². The van der Waals surface area contributed by atoms with Crippen LogP contribution in [0.2, 0.25) is 5.02 Å². The number of pyridine rings is 1. The second-order valence-corrected chi connectivity index (χ2v) is 2.34.